The van der Waals surface area contributed by atoms with Gasteiger partial charge in [-0.25, -0.2) is 11.0 Å². The number of rotatable bonds is 9. The molecule has 240 valence electrons. The molecule has 7 rings (SSSR count). The van der Waals surface area contributed by atoms with Crippen molar-refractivity contribution in [3.8, 4) is 6.01 Å². The minimum absolute atomic E-state index is 0.0702. The van der Waals surface area contributed by atoms with Crippen molar-refractivity contribution >= 4 is 39.8 Å². The number of benzene rings is 2. The number of aromatic nitrogens is 2. The number of amides is 1. The monoisotopic (exact) mass is 643 g/mol. The van der Waals surface area contributed by atoms with Gasteiger partial charge >= 0.3 is 6.01 Å². The molecule has 0 unspecified atom stereocenters. The quantitative estimate of drug-likeness (QED) is 0.225. The van der Waals surface area contributed by atoms with Crippen LogP contribution < -0.4 is 14.5 Å². The molecule has 0 spiro atoms. The van der Waals surface area contributed by atoms with E-state index in [1.165, 1.54) is 17.7 Å². The Labute approximate surface area is 274 Å². The van der Waals surface area contributed by atoms with Crippen LogP contribution in [0.15, 0.2) is 48.8 Å². The van der Waals surface area contributed by atoms with E-state index < -0.39 is 17.8 Å². The zero-order valence-corrected chi connectivity index (χ0v) is 26.8. The zero-order valence-electron chi connectivity index (χ0n) is 26.1. The molecular weight excluding hydrogens is 605 g/mol. The van der Waals surface area contributed by atoms with Crippen molar-refractivity contribution in [3.05, 3.63) is 76.5 Å². The summed E-state index contributed by atoms with van der Waals surface area (Å²) >= 11 is 6.72. The van der Waals surface area contributed by atoms with Crippen LogP contribution in [0.3, 0.4) is 0 Å². The highest BCUT2D eigenvalue weighted by atomic mass is 35.5. The zero-order chi connectivity index (χ0) is 31.8. The number of halogens is 2. The fourth-order valence-electron chi connectivity index (χ4n) is 7.35. The first-order valence-electron chi connectivity index (χ1n) is 16.2. The van der Waals surface area contributed by atoms with E-state index in [2.05, 4.69) is 50.4 Å². The summed E-state index contributed by atoms with van der Waals surface area (Å²) in [4.78, 5) is 34.6. The lowest BCUT2D eigenvalue weighted by Crippen LogP contribution is -2.57. The van der Waals surface area contributed by atoms with Crippen LogP contribution in [-0.4, -0.2) is 90.7 Å². The summed E-state index contributed by atoms with van der Waals surface area (Å²) in [5, 5.41) is 2.83. The predicted octanol–water partition coefficient (Wildman–Crippen LogP) is 5.52. The molecule has 9 nitrogen and oxygen atoms in total. The Balaban J connectivity index is 1.20. The van der Waals surface area contributed by atoms with Gasteiger partial charge in [0.25, 0.3) is 5.91 Å². The highest BCUT2D eigenvalue weighted by Crippen LogP contribution is 2.47. The van der Waals surface area contributed by atoms with Gasteiger partial charge in [-0.3, -0.25) is 4.79 Å². The first kappa shape index (κ1) is 30.7. The number of ether oxygens (including phenoxy) is 1. The summed E-state index contributed by atoms with van der Waals surface area (Å²) in [6.45, 7) is 17.1. The lowest BCUT2D eigenvalue weighted by atomic mass is 10.0. The van der Waals surface area contributed by atoms with Crippen molar-refractivity contribution in [2.45, 2.75) is 44.7 Å². The SMILES string of the molecule is [C-]#[N+]C[C@H]1CN(c2nc(OCC3(CN4CCCC4)CC3)nc3c2CCN(c2cccc4cccc(Cl)c24)C3)CCN1C(=O)C(=C)F. The van der Waals surface area contributed by atoms with Gasteiger partial charge in [-0.2, -0.15) is 9.97 Å². The summed E-state index contributed by atoms with van der Waals surface area (Å²) in [5.41, 5.74) is 3.16. The molecular formula is C35H39ClFN7O2. The van der Waals surface area contributed by atoms with E-state index in [4.69, 9.17) is 32.9 Å². The molecule has 0 bridgehead atoms. The minimum Gasteiger partial charge on any atom is -0.463 e. The van der Waals surface area contributed by atoms with Crippen LogP contribution in [0.25, 0.3) is 15.6 Å². The molecule has 46 heavy (non-hydrogen) atoms. The van der Waals surface area contributed by atoms with Gasteiger partial charge in [0.15, 0.2) is 5.83 Å². The average molecular weight is 644 g/mol. The highest BCUT2D eigenvalue weighted by Gasteiger charge is 2.45. The molecule has 0 N–H and O–H groups in total. The average Bonchev–Trinajstić information content (AvgIpc) is 3.64. The summed E-state index contributed by atoms with van der Waals surface area (Å²) in [6, 6.07) is 12.1. The number of hydrogen-bond acceptors (Lipinski definition) is 7. The molecule has 3 fully saturated rings. The lowest BCUT2D eigenvalue weighted by Gasteiger charge is -2.41. The van der Waals surface area contributed by atoms with Crippen LogP contribution in [0, 0.1) is 12.0 Å². The fourth-order valence-corrected chi connectivity index (χ4v) is 7.63. The van der Waals surface area contributed by atoms with Crippen molar-refractivity contribution in [1.29, 1.82) is 0 Å². The number of anilines is 2. The van der Waals surface area contributed by atoms with Crippen molar-refractivity contribution < 1.29 is 13.9 Å². The van der Waals surface area contributed by atoms with Crippen molar-refractivity contribution in [2.24, 2.45) is 5.41 Å². The first-order valence-corrected chi connectivity index (χ1v) is 16.6. The summed E-state index contributed by atoms with van der Waals surface area (Å²) in [7, 11) is 0. The number of nitrogens with zero attached hydrogens (tertiary/aromatic N) is 7. The van der Waals surface area contributed by atoms with E-state index in [1.54, 1.807) is 0 Å². The third kappa shape index (κ3) is 6.10. The third-order valence-electron chi connectivity index (χ3n) is 9.99. The van der Waals surface area contributed by atoms with Gasteiger partial charge in [0, 0.05) is 54.8 Å². The number of piperazine rings is 1. The molecule has 1 aliphatic carbocycles. The van der Waals surface area contributed by atoms with Crippen LogP contribution in [0.1, 0.15) is 36.9 Å². The Hall–Kier alpha value is -3.94. The second-order valence-corrected chi connectivity index (χ2v) is 13.6. The molecule has 11 heteroatoms. The number of carbonyl (C=O) groups excluding carboxylic acids is 1. The summed E-state index contributed by atoms with van der Waals surface area (Å²) in [6.07, 6.45) is 5.52. The minimum atomic E-state index is -1.00. The smallest absolute Gasteiger partial charge is 0.318 e. The largest absolute Gasteiger partial charge is 0.463 e. The molecule has 2 aromatic carbocycles. The Morgan fingerprint density at radius 1 is 1.09 bits per heavy atom. The summed E-state index contributed by atoms with van der Waals surface area (Å²) in [5.74, 6) is -0.976. The maximum Gasteiger partial charge on any atom is 0.318 e. The van der Waals surface area contributed by atoms with Crippen LogP contribution in [0.2, 0.25) is 5.02 Å². The van der Waals surface area contributed by atoms with Gasteiger partial charge < -0.3 is 29.2 Å². The van der Waals surface area contributed by atoms with Crippen molar-refractivity contribution in [1.82, 2.24) is 19.8 Å². The van der Waals surface area contributed by atoms with Crippen molar-refractivity contribution in [3.63, 3.8) is 0 Å². The lowest BCUT2D eigenvalue weighted by molar-refractivity contribution is -0.131. The van der Waals surface area contributed by atoms with Crippen LogP contribution in [0.5, 0.6) is 6.01 Å². The Morgan fingerprint density at radius 3 is 2.61 bits per heavy atom. The van der Waals surface area contributed by atoms with Crippen LogP contribution in [0.4, 0.5) is 15.9 Å². The van der Waals surface area contributed by atoms with E-state index in [1.807, 2.05) is 12.1 Å². The normalized spacial score (nSPS) is 20.8. The Bertz CT molecular complexity index is 1690. The molecule has 1 amide bonds. The molecule has 1 saturated carbocycles. The van der Waals surface area contributed by atoms with E-state index in [0.29, 0.717) is 43.7 Å². The molecule has 2 saturated heterocycles. The summed E-state index contributed by atoms with van der Waals surface area (Å²) < 4.78 is 20.3. The maximum atomic E-state index is 13.9. The third-order valence-corrected chi connectivity index (χ3v) is 10.3. The Kier molecular flexibility index (Phi) is 8.47. The van der Waals surface area contributed by atoms with Gasteiger partial charge in [0.1, 0.15) is 11.9 Å². The molecule has 0 radical (unpaired) electrons. The fraction of sp³-hybridized carbons (Fsp3) is 0.486. The number of hydrogen-bond donors (Lipinski definition) is 0. The maximum absolute atomic E-state index is 13.9. The molecule has 4 heterocycles. The molecule has 3 aromatic rings. The molecule has 1 aromatic heterocycles. The topological polar surface area (TPSA) is 69.4 Å². The predicted molar refractivity (Wildman–Crippen MR) is 178 cm³/mol. The standard InChI is InChI=1S/C35H39ClFN7O2/c1-24(37)33(45)44-18-17-43(20-26(44)19-38-2)32-27-11-16-42(30-10-6-8-25-7-5-9-28(36)31(25)30)21-29(27)39-34(40-32)46-23-35(12-13-35)22-41-14-3-4-15-41/h5-10,26H,1,3-4,11-23H2/t26-/m0/s1. The van der Waals surface area contributed by atoms with Gasteiger partial charge in [-0.1, -0.05) is 42.4 Å². The van der Waals surface area contributed by atoms with E-state index in [0.717, 1.165) is 72.6 Å². The number of likely N-dealkylation sites (tertiary alicyclic amines) is 1. The van der Waals surface area contributed by atoms with Gasteiger partial charge in [0.2, 0.25) is 6.54 Å². The van der Waals surface area contributed by atoms with E-state index >= 15 is 0 Å². The van der Waals surface area contributed by atoms with Crippen LogP contribution in [-0.2, 0) is 17.8 Å². The van der Waals surface area contributed by atoms with E-state index in [9.17, 15) is 9.18 Å². The first-order chi connectivity index (χ1) is 22.3. The van der Waals surface area contributed by atoms with Gasteiger partial charge in [-0.15, -0.1) is 0 Å². The second-order valence-electron chi connectivity index (χ2n) is 13.2. The van der Waals surface area contributed by atoms with Crippen LogP contribution >= 0.6 is 11.6 Å². The van der Waals surface area contributed by atoms with Gasteiger partial charge in [0.05, 0.1) is 23.9 Å². The molecule has 3 aliphatic heterocycles. The van der Waals surface area contributed by atoms with Gasteiger partial charge in [-0.05, 0) is 62.7 Å². The molecule has 4 aliphatic rings. The number of carbonyl (C=O) groups is 1. The second kappa shape index (κ2) is 12.7. The number of fused-ring (bicyclic) bond motifs is 2. The highest BCUT2D eigenvalue weighted by molar-refractivity contribution is 6.36. The van der Waals surface area contributed by atoms with E-state index in [-0.39, 0.29) is 18.5 Å². The Morgan fingerprint density at radius 2 is 1.87 bits per heavy atom. The van der Waals surface area contributed by atoms with Crippen molar-refractivity contribution in [2.75, 3.05) is 68.8 Å². The molecule has 1 atom stereocenters.